The summed E-state index contributed by atoms with van der Waals surface area (Å²) in [5, 5.41) is 0.249. The summed E-state index contributed by atoms with van der Waals surface area (Å²) in [6.45, 7) is 1.57. The summed E-state index contributed by atoms with van der Waals surface area (Å²) in [5.74, 6) is -0.0756. The summed E-state index contributed by atoms with van der Waals surface area (Å²) in [5.41, 5.74) is 0.620. The van der Waals surface area contributed by atoms with Crippen molar-refractivity contribution in [2.24, 2.45) is 0 Å². The number of amides is 1. The van der Waals surface area contributed by atoms with E-state index >= 15 is 0 Å². The zero-order valence-electron chi connectivity index (χ0n) is 9.13. The Kier molecular flexibility index (Phi) is 4.18. The second-order valence-electron chi connectivity index (χ2n) is 4.06. The number of likely N-dealkylation sites (tertiary alicyclic amines) is 1. The molecule has 2 nitrogen and oxygen atoms in total. The van der Waals surface area contributed by atoms with Gasteiger partial charge in [-0.25, -0.2) is 0 Å². The molecule has 1 unspecified atom stereocenters. The van der Waals surface area contributed by atoms with Gasteiger partial charge >= 0.3 is 0 Å². The number of carbonyl (C=O) groups excluding carboxylic acids is 1. The average molecular weight is 293 g/mol. The second kappa shape index (κ2) is 5.47. The van der Waals surface area contributed by atoms with Crippen molar-refractivity contribution in [1.29, 1.82) is 0 Å². The van der Waals surface area contributed by atoms with E-state index in [1.807, 2.05) is 0 Å². The van der Waals surface area contributed by atoms with Gasteiger partial charge in [0.1, 0.15) is 5.38 Å². The predicted molar refractivity (Wildman–Crippen MR) is 70.9 cm³/mol. The molecule has 1 atom stereocenters. The molecule has 1 aromatic carbocycles. The number of hydrogen-bond donors (Lipinski definition) is 0. The van der Waals surface area contributed by atoms with Crippen LogP contribution in [0.1, 0.15) is 23.8 Å². The Morgan fingerprint density at radius 3 is 2.47 bits per heavy atom. The third-order valence-electron chi connectivity index (χ3n) is 2.87. The highest BCUT2D eigenvalue weighted by molar-refractivity contribution is 6.37. The highest BCUT2D eigenvalue weighted by atomic mass is 35.5. The standard InChI is InChI=1S/C12H12Cl3NO/c13-8-3-4-9(10(14)7-8)11(15)12(17)16-5-1-2-6-16/h3-4,7,11H,1-2,5-6H2. The molecule has 1 aliphatic heterocycles. The predicted octanol–water partition coefficient (Wildman–Crippen LogP) is 3.90. The van der Waals surface area contributed by atoms with Crippen molar-refractivity contribution >= 4 is 40.7 Å². The molecule has 0 aliphatic carbocycles. The summed E-state index contributed by atoms with van der Waals surface area (Å²) in [6, 6.07) is 5.00. The van der Waals surface area contributed by atoms with Crippen LogP contribution in [0.15, 0.2) is 18.2 Å². The Balaban J connectivity index is 2.18. The molecule has 92 valence electrons. The third kappa shape index (κ3) is 2.87. The molecule has 0 N–H and O–H groups in total. The maximum absolute atomic E-state index is 12.1. The minimum absolute atomic E-state index is 0.0756. The van der Waals surface area contributed by atoms with Crippen molar-refractivity contribution in [2.75, 3.05) is 13.1 Å². The number of rotatable bonds is 2. The molecule has 1 amide bonds. The van der Waals surface area contributed by atoms with Crippen molar-refractivity contribution < 1.29 is 4.79 Å². The molecule has 1 heterocycles. The molecule has 5 heteroatoms. The van der Waals surface area contributed by atoms with Crippen LogP contribution in [0.3, 0.4) is 0 Å². The van der Waals surface area contributed by atoms with Gasteiger partial charge in [-0.05, 0) is 30.5 Å². The molecule has 1 saturated heterocycles. The lowest BCUT2D eigenvalue weighted by molar-refractivity contribution is -0.129. The highest BCUT2D eigenvalue weighted by Crippen LogP contribution is 2.32. The normalized spacial score (nSPS) is 17.2. The lowest BCUT2D eigenvalue weighted by Gasteiger charge is -2.19. The van der Waals surface area contributed by atoms with Crippen molar-refractivity contribution in [1.82, 2.24) is 4.90 Å². The van der Waals surface area contributed by atoms with Crippen LogP contribution in [-0.2, 0) is 4.79 Å². The van der Waals surface area contributed by atoms with E-state index in [0.29, 0.717) is 15.6 Å². The summed E-state index contributed by atoms with van der Waals surface area (Å²) < 4.78 is 0. The minimum atomic E-state index is -0.724. The van der Waals surface area contributed by atoms with Gasteiger partial charge in [-0.2, -0.15) is 0 Å². The van der Waals surface area contributed by atoms with E-state index < -0.39 is 5.38 Å². The number of hydrogen-bond acceptors (Lipinski definition) is 1. The maximum Gasteiger partial charge on any atom is 0.245 e. The summed E-state index contributed by atoms with van der Waals surface area (Å²) in [4.78, 5) is 13.9. The van der Waals surface area contributed by atoms with Gasteiger partial charge in [0, 0.05) is 23.1 Å². The summed E-state index contributed by atoms with van der Waals surface area (Å²) >= 11 is 18.0. The lowest BCUT2D eigenvalue weighted by Crippen LogP contribution is -2.30. The fraction of sp³-hybridized carbons (Fsp3) is 0.417. The number of alkyl halides is 1. The fourth-order valence-electron chi connectivity index (χ4n) is 1.94. The van der Waals surface area contributed by atoms with Crippen LogP contribution in [0.4, 0.5) is 0 Å². The molecule has 1 aliphatic rings. The molecule has 0 spiro atoms. The van der Waals surface area contributed by atoms with E-state index in [-0.39, 0.29) is 5.91 Å². The SMILES string of the molecule is O=C(C(Cl)c1ccc(Cl)cc1Cl)N1CCCC1. The van der Waals surface area contributed by atoms with Crippen molar-refractivity contribution in [3.8, 4) is 0 Å². The number of nitrogens with zero attached hydrogens (tertiary/aromatic N) is 1. The molecule has 0 radical (unpaired) electrons. The molecular formula is C12H12Cl3NO. The van der Waals surface area contributed by atoms with Crippen LogP contribution in [0.5, 0.6) is 0 Å². The smallest absolute Gasteiger partial charge is 0.245 e. The zero-order chi connectivity index (χ0) is 12.4. The van der Waals surface area contributed by atoms with Crippen molar-refractivity contribution in [3.63, 3.8) is 0 Å². The molecule has 0 bridgehead atoms. The first-order valence-electron chi connectivity index (χ1n) is 5.47. The molecule has 17 heavy (non-hydrogen) atoms. The minimum Gasteiger partial charge on any atom is -0.341 e. The van der Waals surface area contributed by atoms with Gasteiger partial charge < -0.3 is 4.90 Å². The van der Waals surface area contributed by atoms with Crippen molar-refractivity contribution in [2.45, 2.75) is 18.2 Å². The largest absolute Gasteiger partial charge is 0.341 e. The van der Waals surface area contributed by atoms with E-state index in [1.54, 1.807) is 23.1 Å². The van der Waals surface area contributed by atoms with E-state index in [9.17, 15) is 4.79 Å². The van der Waals surface area contributed by atoms with Crippen LogP contribution in [0.25, 0.3) is 0 Å². The van der Waals surface area contributed by atoms with Gasteiger partial charge in [0.15, 0.2) is 0 Å². The van der Waals surface area contributed by atoms with Gasteiger partial charge in [-0.15, -0.1) is 11.6 Å². The first-order chi connectivity index (χ1) is 8.09. The van der Waals surface area contributed by atoms with Gasteiger partial charge in [0.25, 0.3) is 0 Å². The molecule has 1 fully saturated rings. The Morgan fingerprint density at radius 2 is 1.88 bits per heavy atom. The highest BCUT2D eigenvalue weighted by Gasteiger charge is 2.27. The maximum atomic E-state index is 12.1. The monoisotopic (exact) mass is 291 g/mol. The van der Waals surface area contributed by atoms with Gasteiger partial charge in [0.2, 0.25) is 5.91 Å². The molecular weight excluding hydrogens is 280 g/mol. The molecule has 2 rings (SSSR count). The Morgan fingerprint density at radius 1 is 1.24 bits per heavy atom. The Labute approximate surface area is 115 Å². The zero-order valence-corrected chi connectivity index (χ0v) is 11.4. The first kappa shape index (κ1) is 13.0. The van der Waals surface area contributed by atoms with E-state index in [4.69, 9.17) is 34.8 Å². The van der Waals surface area contributed by atoms with Crippen LogP contribution in [-0.4, -0.2) is 23.9 Å². The fourth-order valence-corrected chi connectivity index (χ4v) is 2.84. The molecule has 1 aromatic rings. The van der Waals surface area contributed by atoms with Gasteiger partial charge in [-0.3, -0.25) is 4.79 Å². The Hall–Kier alpha value is -0.440. The van der Waals surface area contributed by atoms with E-state index in [0.717, 1.165) is 25.9 Å². The van der Waals surface area contributed by atoms with Crippen LogP contribution < -0.4 is 0 Å². The first-order valence-corrected chi connectivity index (χ1v) is 6.66. The molecule has 0 saturated carbocycles. The summed E-state index contributed by atoms with van der Waals surface area (Å²) in [7, 11) is 0. The number of carbonyl (C=O) groups is 1. The van der Waals surface area contributed by atoms with E-state index in [1.165, 1.54) is 0 Å². The van der Waals surface area contributed by atoms with Gasteiger partial charge in [0.05, 0.1) is 0 Å². The van der Waals surface area contributed by atoms with Crippen LogP contribution >= 0.6 is 34.8 Å². The second-order valence-corrected chi connectivity index (χ2v) is 5.34. The Bertz CT molecular complexity index is 430. The number of halogens is 3. The third-order valence-corrected chi connectivity index (χ3v) is 3.85. The quantitative estimate of drug-likeness (QED) is 0.757. The number of benzene rings is 1. The van der Waals surface area contributed by atoms with Crippen LogP contribution in [0, 0.1) is 0 Å². The van der Waals surface area contributed by atoms with E-state index in [2.05, 4.69) is 0 Å². The molecule has 0 aromatic heterocycles. The van der Waals surface area contributed by atoms with Gasteiger partial charge in [-0.1, -0.05) is 29.3 Å². The lowest BCUT2D eigenvalue weighted by atomic mass is 10.1. The average Bonchev–Trinajstić information content (AvgIpc) is 2.80. The van der Waals surface area contributed by atoms with Crippen LogP contribution in [0.2, 0.25) is 10.0 Å². The summed E-state index contributed by atoms with van der Waals surface area (Å²) in [6.07, 6.45) is 2.09. The van der Waals surface area contributed by atoms with Crippen molar-refractivity contribution in [3.05, 3.63) is 33.8 Å². The topological polar surface area (TPSA) is 20.3 Å².